The van der Waals surface area contributed by atoms with Gasteiger partial charge in [-0.25, -0.2) is 9.97 Å². The zero-order chi connectivity index (χ0) is 18.3. The van der Waals surface area contributed by atoms with Crippen molar-refractivity contribution in [1.82, 2.24) is 14.5 Å². The maximum absolute atomic E-state index is 12.1. The van der Waals surface area contributed by atoms with Gasteiger partial charge in [-0.2, -0.15) is 0 Å². The third-order valence-corrected chi connectivity index (χ3v) is 4.90. The highest BCUT2D eigenvalue weighted by Gasteiger charge is 2.21. The van der Waals surface area contributed by atoms with Crippen molar-refractivity contribution in [3.8, 4) is 16.9 Å². The van der Waals surface area contributed by atoms with Crippen molar-refractivity contribution in [2.45, 2.75) is 19.8 Å². The van der Waals surface area contributed by atoms with Crippen LogP contribution in [0.25, 0.3) is 16.9 Å². The number of rotatable bonds is 4. The molecule has 0 aliphatic carbocycles. The molecule has 0 fully saturated rings. The molecule has 4 rings (SSSR count). The number of hydrogen-bond acceptors (Lipinski definition) is 4. The van der Waals surface area contributed by atoms with E-state index < -0.39 is 5.91 Å². The minimum atomic E-state index is -0.482. The summed E-state index contributed by atoms with van der Waals surface area (Å²) >= 11 is 6.20. The third-order valence-electron chi connectivity index (χ3n) is 4.67. The smallest absolute Gasteiger partial charge is 0.250 e. The van der Waals surface area contributed by atoms with E-state index >= 15 is 0 Å². The van der Waals surface area contributed by atoms with E-state index in [1.54, 1.807) is 6.20 Å². The van der Waals surface area contributed by atoms with Gasteiger partial charge in [-0.1, -0.05) is 24.6 Å². The lowest BCUT2D eigenvalue weighted by molar-refractivity contribution is 0.100. The quantitative estimate of drug-likeness (QED) is 0.741. The van der Waals surface area contributed by atoms with Crippen LogP contribution >= 0.6 is 11.6 Å². The number of fused-ring (bicyclic) bond motifs is 1. The number of carbonyl (C=O) groups excluding carboxylic acids is 1. The van der Waals surface area contributed by atoms with Crippen LogP contribution in [-0.4, -0.2) is 27.0 Å². The minimum absolute atomic E-state index is 0.445. The van der Waals surface area contributed by atoms with Crippen LogP contribution in [0.4, 0.5) is 5.82 Å². The molecule has 0 unspecified atom stereocenters. The van der Waals surface area contributed by atoms with E-state index in [1.165, 1.54) is 6.33 Å². The van der Waals surface area contributed by atoms with Gasteiger partial charge in [0.15, 0.2) is 0 Å². The summed E-state index contributed by atoms with van der Waals surface area (Å²) in [6.45, 7) is 2.89. The van der Waals surface area contributed by atoms with E-state index in [-0.39, 0.29) is 0 Å². The van der Waals surface area contributed by atoms with Gasteiger partial charge in [-0.05, 0) is 36.1 Å². The fraction of sp³-hybridized carbons (Fsp3) is 0.211. The summed E-state index contributed by atoms with van der Waals surface area (Å²) in [5, 5.41) is 3.86. The van der Waals surface area contributed by atoms with Crippen molar-refractivity contribution in [3.05, 3.63) is 58.6 Å². The van der Waals surface area contributed by atoms with Gasteiger partial charge in [-0.15, -0.1) is 0 Å². The lowest BCUT2D eigenvalue weighted by atomic mass is 9.97. The minimum Gasteiger partial charge on any atom is -0.369 e. The molecule has 0 bridgehead atoms. The number of nitrogens with zero attached hydrogens (tertiary/aromatic N) is 3. The van der Waals surface area contributed by atoms with Crippen molar-refractivity contribution in [1.29, 1.82) is 0 Å². The van der Waals surface area contributed by atoms with Crippen LogP contribution in [0.3, 0.4) is 0 Å². The Kier molecular flexibility index (Phi) is 4.12. The Hall–Kier alpha value is -2.86. The van der Waals surface area contributed by atoms with E-state index in [4.69, 9.17) is 17.3 Å². The molecule has 3 N–H and O–H groups in total. The summed E-state index contributed by atoms with van der Waals surface area (Å²) in [6, 6.07) is 5.71. The highest BCUT2D eigenvalue weighted by Crippen LogP contribution is 2.33. The number of aromatic nitrogens is 3. The summed E-state index contributed by atoms with van der Waals surface area (Å²) in [5.41, 5.74) is 9.91. The zero-order valence-electron chi connectivity index (χ0n) is 14.3. The molecule has 1 aliphatic rings. The Bertz CT molecular complexity index is 1010. The first-order valence-electron chi connectivity index (χ1n) is 8.47. The van der Waals surface area contributed by atoms with E-state index in [0.29, 0.717) is 10.6 Å². The molecule has 1 aromatic carbocycles. The molecular weight excluding hydrogens is 350 g/mol. The van der Waals surface area contributed by atoms with Crippen LogP contribution in [0.5, 0.6) is 0 Å². The first kappa shape index (κ1) is 16.6. The van der Waals surface area contributed by atoms with Crippen molar-refractivity contribution >= 4 is 23.3 Å². The van der Waals surface area contributed by atoms with Crippen LogP contribution in [-0.2, 0) is 12.8 Å². The number of primary amides is 1. The van der Waals surface area contributed by atoms with Gasteiger partial charge in [0.1, 0.15) is 18.0 Å². The lowest BCUT2D eigenvalue weighted by Gasteiger charge is -2.09. The van der Waals surface area contributed by atoms with E-state index in [1.807, 2.05) is 29.0 Å². The Balaban J connectivity index is 1.92. The fourth-order valence-electron chi connectivity index (χ4n) is 3.41. The zero-order valence-corrected chi connectivity index (χ0v) is 15.0. The van der Waals surface area contributed by atoms with Gasteiger partial charge in [0.2, 0.25) is 0 Å². The maximum atomic E-state index is 12.1. The number of anilines is 1. The van der Waals surface area contributed by atoms with Crippen LogP contribution in [0, 0.1) is 0 Å². The predicted molar refractivity (Wildman–Crippen MR) is 102 cm³/mol. The summed E-state index contributed by atoms with van der Waals surface area (Å²) in [6.07, 6.45) is 6.81. The molecule has 132 valence electrons. The fourth-order valence-corrected chi connectivity index (χ4v) is 3.58. The number of aryl methyl sites for hydroxylation is 1. The van der Waals surface area contributed by atoms with Crippen LogP contribution in [0.15, 0.2) is 36.9 Å². The number of amides is 1. The number of nitrogens with one attached hydrogen (secondary N) is 1. The van der Waals surface area contributed by atoms with Gasteiger partial charge in [-0.3, -0.25) is 4.79 Å². The number of carbonyl (C=O) groups is 1. The number of hydrogen-bond donors (Lipinski definition) is 2. The molecule has 0 saturated carbocycles. The van der Waals surface area contributed by atoms with Crippen molar-refractivity contribution in [3.63, 3.8) is 0 Å². The Morgan fingerprint density at radius 2 is 2.15 bits per heavy atom. The standard InChI is InChI=1S/C19H18ClN5O/c1-2-11-3-4-12(20)7-14(11)15-8-25(9-16(15)17(21)26)19-13-5-6-22-18(13)23-10-24-19/h3-4,7-10H,2,5-6H2,1H3,(H2,21,26)(H,22,23,24). The van der Waals surface area contributed by atoms with Crippen molar-refractivity contribution in [2.75, 3.05) is 11.9 Å². The number of nitrogens with two attached hydrogens (primary N) is 1. The van der Waals surface area contributed by atoms with Gasteiger partial charge >= 0.3 is 0 Å². The number of benzene rings is 1. The SMILES string of the molecule is CCc1ccc(Cl)cc1-c1cn(-c2ncnc3c2CCN3)cc1C(N)=O. The summed E-state index contributed by atoms with van der Waals surface area (Å²) in [4.78, 5) is 20.8. The van der Waals surface area contributed by atoms with Gasteiger partial charge < -0.3 is 15.6 Å². The molecule has 0 atom stereocenters. The highest BCUT2D eigenvalue weighted by atomic mass is 35.5. The van der Waals surface area contributed by atoms with Crippen molar-refractivity contribution < 1.29 is 4.79 Å². The van der Waals surface area contributed by atoms with E-state index in [0.717, 1.165) is 53.3 Å². The molecular formula is C19H18ClN5O. The largest absolute Gasteiger partial charge is 0.369 e. The average Bonchev–Trinajstić information content (AvgIpc) is 3.28. The van der Waals surface area contributed by atoms with Crippen LogP contribution in [0.1, 0.15) is 28.4 Å². The molecule has 0 radical (unpaired) electrons. The molecule has 3 heterocycles. The first-order valence-corrected chi connectivity index (χ1v) is 8.85. The van der Waals surface area contributed by atoms with Crippen LogP contribution in [0.2, 0.25) is 5.02 Å². The first-order chi connectivity index (χ1) is 12.6. The molecule has 0 spiro atoms. The van der Waals surface area contributed by atoms with Gasteiger partial charge in [0, 0.05) is 35.1 Å². The molecule has 1 amide bonds. The van der Waals surface area contributed by atoms with Crippen LogP contribution < -0.4 is 11.1 Å². The Morgan fingerprint density at radius 3 is 2.92 bits per heavy atom. The topological polar surface area (TPSA) is 85.8 Å². The molecule has 7 heteroatoms. The molecule has 26 heavy (non-hydrogen) atoms. The second-order valence-electron chi connectivity index (χ2n) is 6.21. The monoisotopic (exact) mass is 367 g/mol. The van der Waals surface area contributed by atoms with Gasteiger partial charge in [0.05, 0.1) is 5.56 Å². The van der Waals surface area contributed by atoms with Gasteiger partial charge in [0.25, 0.3) is 5.91 Å². The highest BCUT2D eigenvalue weighted by molar-refractivity contribution is 6.31. The molecule has 0 saturated heterocycles. The summed E-state index contributed by atoms with van der Waals surface area (Å²) in [7, 11) is 0. The maximum Gasteiger partial charge on any atom is 0.250 e. The second kappa shape index (κ2) is 6.46. The van der Waals surface area contributed by atoms with E-state index in [9.17, 15) is 4.79 Å². The second-order valence-corrected chi connectivity index (χ2v) is 6.65. The average molecular weight is 368 g/mol. The Labute approximate surface area is 156 Å². The Morgan fingerprint density at radius 1 is 1.31 bits per heavy atom. The molecule has 2 aromatic heterocycles. The number of halogens is 1. The van der Waals surface area contributed by atoms with Crippen molar-refractivity contribution in [2.24, 2.45) is 5.73 Å². The summed E-state index contributed by atoms with van der Waals surface area (Å²) < 4.78 is 1.85. The van der Waals surface area contributed by atoms with E-state index in [2.05, 4.69) is 22.2 Å². The lowest BCUT2D eigenvalue weighted by Crippen LogP contribution is -2.11. The molecule has 3 aromatic rings. The predicted octanol–water partition coefficient (Wildman–Crippen LogP) is 3.22. The third kappa shape index (κ3) is 2.72. The molecule has 6 nitrogen and oxygen atoms in total. The summed E-state index contributed by atoms with van der Waals surface area (Å²) in [5.74, 6) is 1.11. The molecule has 1 aliphatic heterocycles. The normalized spacial score (nSPS) is 12.7.